The lowest BCUT2D eigenvalue weighted by Gasteiger charge is -2.44. The number of carbonyl (C=O) groups excluding carboxylic acids is 3. The minimum atomic E-state index is -1.66. The first-order valence-corrected chi connectivity index (χ1v) is 9.73. The topological polar surface area (TPSA) is 89.9 Å². The molecular weight excluding hydrogens is 384 g/mol. The Morgan fingerprint density at radius 1 is 1.07 bits per heavy atom. The van der Waals surface area contributed by atoms with Crippen LogP contribution < -0.4 is 0 Å². The number of hydrogen-bond donors (Lipinski definition) is 1. The molecule has 2 rings (SSSR count). The third-order valence-electron chi connectivity index (χ3n) is 4.73. The molecule has 1 aliphatic rings. The van der Waals surface area contributed by atoms with Gasteiger partial charge in [-0.2, -0.15) is 0 Å². The third kappa shape index (κ3) is 4.92. The van der Waals surface area contributed by atoms with Gasteiger partial charge in [0.1, 0.15) is 5.92 Å². The minimum Gasteiger partial charge on any atom is -0.463 e. The SMILES string of the molecule is CC(C)OC(=O)[C@@H]1C(=O)C[C@@](C)(O)[C@H](C(=O)OC(C)C)[C@H]1c1ccc(Cl)cc1. The molecule has 0 saturated heterocycles. The second kappa shape index (κ2) is 8.62. The van der Waals surface area contributed by atoms with Crippen LogP contribution in [0.2, 0.25) is 5.02 Å². The van der Waals surface area contributed by atoms with E-state index in [0.717, 1.165) is 0 Å². The van der Waals surface area contributed by atoms with Crippen LogP contribution in [0, 0.1) is 11.8 Å². The molecule has 28 heavy (non-hydrogen) atoms. The van der Waals surface area contributed by atoms with E-state index in [1.807, 2.05) is 0 Å². The Balaban J connectivity index is 2.59. The zero-order valence-corrected chi connectivity index (χ0v) is 17.5. The van der Waals surface area contributed by atoms with Crippen molar-refractivity contribution in [2.24, 2.45) is 11.8 Å². The summed E-state index contributed by atoms with van der Waals surface area (Å²) >= 11 is 5.97. The lowest BCUT2D eigenvalue weighted by atomic mass is 9.61. The first kappa shape index (κ1) is 22.4. The summed E-state index contributed by atoms with van der Waals surface area (Å²) in [6, 6.07) is 6.51. The predicted octanol–water partition coefficient (Wildman–Crippen LogP) is 3.28. The minimum absolute atomic E-state index is 0.340. The van der Waals surface area contributed by atoms with E-state index in [-0.39, 0.29) is 6.42 Å². The zero-order chi connectivity index (χ0) is 21.2. The summed E-state index contributed by atoms with van der Waals surface area (Å²) in [5.74, 6) is -5.09. The van der Waals surface area contributed by atoms with Gasteiger partial charge < -0.3 is 14.6 Å². The van der Waals surface area contributed by atoms with Gasteiger partial charge in [-0.1, -0.05) is 23.7 Å². The first-order chi connectivity index (χ1) is 12.9. The summed E-state index contributed by atoms with van der Waals surface area (Å²) in [4.78, 5) is 38.5. The number of carbonyl (C=O) groups is 3. The predicted molar refractivity (Wildman–Crippen MR) is 104 cm³/mol. The van der Waals surface area contributed by atoms with Crippen LogP contribution in [-0.2, 0) is 23.9 Å². The summed E-state index contributed by atoms with van der Waals surface area (Å²) in [6.45, 7) is 8.18. The van der Waals surface area contributed by atoms with E-state index >= 15 is 0 Å². The number of rotatable bonds is 5. The van der Waals surface area contributed by atoms with Gasteiger partial charge in [-0.25, -0.2) is 0 Å². The highest BCUT2D eigenvalue weighted by Crippen LogP contribution is 2.47. The fraction of sp³-hybridized carbons (Fsp3) is 0.571. The normalized spacial score (nSPS) is 27.8. The molecule has 1 aromatic rings. The van der Waals surface area contributed by atoms with Crippen LogP contribution in [0.4, 0.5) is 0 Å². The van der Waals surface area contributed by atoms with Gasteiger partial charge >= 0.3 is 11.9 Å². The number of halogens is 1. The van der Waals surface area contributed by atoms with Gasteiger partial charge in [-0.15, -0.1) is 0 Å². The van der Waals surface area contributed by atoms with Gasteiger partial charge in [0, 0.05) is 17.4 Å². The summed E-state index contributed by atoms with van der Waals surface area (Å²) < 4.78 is 10.7. The van der Waals surface area contributed by atoms with Crippen LogP contribution in [0.15, 0.2) is 24.3 Å². The quantitative estimate of drug-likeness (QED) is 0.591. The molecule has 0 radical (unpaired) electrons. The van der Waals surface area contributed by atoms with Crippen molar-refractivity contribution < 1.29 is 29.0 Å². The van der Waals surface area contributed by atoms with Crippen molar-refractivity contribution in [1.29, 1.82) is 0 Å². The van der Waals surface area contributed by atoms with Crippen LogP contribution in [-0.4, -0.2) is 40.6 Å². The van der Waals surface area contributed by atoms with Crippen molar-refractivity contribution in [1.82, 2.24) is 0 Å². The molecule has 0 unspecified atom stereocenters. The van der Waals surface area contributed by atoms with Crippen molar-refractivity contribution in [3.63, 3.8) is 0 Å². The highest BCUT2D eigenvalue weighted by molar-refractivity contribution is 6.30. The van der Waals surface area contributed by atoms with E-state index in [1.165, 1.54) is 6.92 Å². The number of Topliss-reactive ketones (excluding diaryl/α,β-unsaturated/α-hetero) is 1. The van der Waals surface area contributed by atoms with Gasteiger partial charge in [0.15, 0.2) is 5.78 Å². The van der Waals surface area contributed by atoms with E-state index in [4.69, 9.17) is 21.1 Å². The largest absolute Gasteiger partial charge is 0.463 e. The van der Waals surface area contributed by atoms with Crippen molar-refractivity contribution in [2.45, 2.75) is 64.8 Å². The van der Waals surface area contributed by atoms with Crippen LogP contribution in [0.5, 0.6) is 0 Å². The van der Waals surface area contributed by atoms with Gasteiger partial charge in [-0.05, 0) is 52.3 Å². The molecule has 0 bridgehead atoms. The summed E-state index contributed by atoms with van der Waals surface area (Å²) in [5.41, 5.74) is -1.13. The fourth-order valence-electron chi connectivity index (χ4n) is 3.71. The molecule has 0 aromatic heterocycles. The van der Waals surface area contributed by atoms with Crippen molar-refractivity contribution in [3.05, 3.63) is 34.9 Å². The molecule has 0 amide bonds. The molecule has 1 saturated carbocycles. The van der Waals surface area contributed by atoms with Crippen LogP contribution in [0.3, 0.4) is 0 Å². The molecule has 1 aromatic carbocycles. The summed E-state index contributed by atoms with van der Waals surface area (Å²) in [5, 5.41) is 11.4. The molecule has 154 valence electrons. The fourth-order valence-corrected chi connectivity index (χ4v) is 3.84. The van der Waals surface area contributed by atoms with Gasteiger partial charge in [-0.3, -0.25) is 14.4 Å². The number of aliphatic hydroxyl groups is 1. The number of ketones is 1. The Labute approximate surface area is 170 Å². The maximum atomic E-state index is 12.9. The van der Waals surface area contributed by atoms with Gasteiger partial charge in [0.05, 0.1) is 23.7 Å². The maximum absolute atomic E-state index is 12.9. The Kier molecular flexibility index (Phi) is 6.88. The smallest absolute Gasteiger partial charge is 0.317 e. The summed E-state index contributed by atoms with van der Waals surface area (Å²) in [6.07, 6.45) is -1.17. The molecule has 6 nitrogen and oxygen atoms in total. The average molecular weight is 411 g/mol. The van der Waals surface area contributed by atoms with E-state index in [1.54, 1.807) is 52.0 Å². The number of esters is 2. The first-order valence-electron chi connectivity index (χ1n) is 9.35. The molecule has 7 heteroatoms. The molecule has 0 aliphatic heterocycles. The molecule has 1 aliphatic carbocycles. The van der Waals surface area contributed by atoms with E-state index in [2.05, 4.69) is 0 Å². The molecule has 1 fully saturated rings. The number of ether oxygens (including phenoxy) is 2. The zero-order valence-electron chi connectivity index (χ0n) is 16.8. The standard InChI is InChI=1S/C21H27ClO6/c1-11(2)27-19(24)17-15(23)10-21(5,26)18(20(25)28-12(3)4)16(17)13-6-8-14(22)9-7-13/h6-9,11-12,16-18,26H,10H2,1-5H3/t16-,17+,18-,21+/m0/s1. The van der Waals surface area contributed by atoms with E-state index in [0.29, 0.717) is 10.6 Å². The van der Waals surface area contributed by atoms with Crippen molar-refractivity contribution in [3.8, 4) is 0 Å². The number of hydrogen-bond acceptors (Lipinski definition) is 6. The van der Waals surface area contributed by atoms with E-state index < -0.39 is 53.3 Å². The maximum Gasteiger partial charge on any atom is 0.317 e. The Bertz CT molecular complexity index is 730. The lowest BCUT2D eigenvalue weighted by Crippen LogP contribution is -2.55. The van der Waals surface area contributed by atoms with Crippen molar-refractivity contribution in [2.75, 3.05) is 0 Å². The van der Waals surface area contributed by atoms with Gasteiger partial charge in [0.2, 0.25) is 0 Å². The van der Waals surface area contributed by atoms with Crippen molar-refractivity contribution >= 4 is 29.3 Å². The Morgan fingerprint density at radius 2 is 1.57 bits per heavy atom. The van der Waals surface area contributed by atoms with Crippen LogP contribution >= 0.6 is 11.6 Å². The molecular formula is C21H27ClO6. The van der Waals surface area contributed by atoms with Crippen LogP contribution in [0.1, 0.15) is 52.5 Å². The Morgan fingerprint density at radius 3 is 2.07 bits per heavy atom. The third-order valence-corrected chi connectivity index (χ3v) is 4.99. The molecule has 1 N–H and O–H groups in total. The monoisotopic (exact) mass is 410 g/mol. The van der Waals surface area contributed by atoms with Crippen LogP contribution in [0.25, 0.3) is 0 Å². The van der Waals surface area contributed by atoms with Gasteiger partial charge in [0.25, 0.3) is 0 Å². The molecule has 4 atom stereocenters. The highest BCUT2D eigenvalue weighted by Gasteiger charge is 2.57. The Hall–Kier alpha value is -1.92. The average Bonchev–Trinajstić information content (AvgIpc) is 2.52. The highest BCUT2D eigenvalue weighted by atomic mass is 35.5. The lowest BCUT2D eigenvalue weighted by molar-refractivity contribution is -0.176. The van der Waals surface area contributed by atoms with E-state index in [9.17, 15) is 19.5 Å². The second-order valence-corrected chi connectivity index (χ2v) is 8.44. The second-order valence-electron chi connectivity index (χ2n) is 8.00. The molecule has 0 heterocycles. The number of benzene rings is 1. The summed E-state index contributed by atoms with van der Waals surface area (Å²) in [7, 11) is 0. The molecule has 0 spiro atoms.